The molecule has 1 saturated carbocycles. The van der Waals surface area contributed by atoms with Gasteiger partial charge in [0.15, 0.2) is 11.6 Å². The molecule has 1 aliphatic rings. The van der Waals surface area contributed by atoms with E-state index < -0.39 is 31.4 Å². The van der Waals surface area contributed by atoms with Crippen LogP contribution in [-0.2, 0) is 9.05 Å². The summed E-state index contributed by atoms with van der Waals surface area (Å²) in [5.41, 5.74) is -0.102. The Kier molecular flexibility index (Phi) is 4.19. The molecule has 1 fully saturated rings. The molecule has 0 atom stereocenters. The molecule has 1 amide bonds. The number of amides is 1. The Morgan fingerprint density at radius 3 is 2.55 bits per heavy atom. The monoisotopic (exact) mass is 321 g/mol. The maximum absolute atomic E-state index is 13.8. The molecule has 0 spiro atoms. The van der Waals surface area contributed by atoms with Gasteiger partial charge in [-0.2, -0.15) is 0 Å². The number of rotatable bonds is 4. The smallest absolute Gasteiger partial charge is 0.265 e. The molecule has 2 rings (SSSR count). The molecule has 0 radical (unpaired) electrons. The van der Waals surface area contributed by atoms with E-state index >= 15 is 0 Å². The van der Waals surface area contributed by atoms with Crippen LogP contribution in [0.25, 0.3) is 0 Å². The molecule has 0 bridgehead atoms. The van der Waals surface area contributed by atoms with Crippen LogP contribution in [0.4, 0.5) is 4.39 Å². The quantitative estimate of drug-likeness (QED) is 0.861. The molecule has 0 aliphatic heterocycles. The van der Waals surface area contributed by atoms with Crippen molar-refractivity contribution in [2.75, 3.05) is 7.11 Å². The zero-order valence-corrected chi connectivity index (χ0v) is 12.2. The van der Waals surface area contributed by atoms with Gasteiger partial charge in [0.25, 0.3) is 15.0 Å². The van der Waals surface area contributed by atoms with E-state index in [9.17, 15) is 17.6 Å². The number of carbonyl (C=O) groups is 1. The second-order valence-corrected chi connectivity index (χ2v) is 7.06. The Bertz CT molecular complexity index is 643. The maximum atomic E-state index is 13.8. The predicted molar refractivity (Wildman–Crippen MR) is 71.1 cm³/mol. The number of carbonyl (C=O) groups excluding carboxylic acids is 1. The molecular formula is C12H13ClFNO4S. The van der Waals surface area contributed by atoms with Crippen molar-refractivity contribution in [1.82, 2.24) is 5.32 Å². The van der Waals surface area contributed by atoms with E-state index in [2.05, 4.69) is 10.1 Å². The summed E-state index contributed by atoms with van der Waals surface area (Å²) >= 11 is 0. The third-order valence-electron chi connectivity index (χ3n) is 3.18. The van der Waals surface area contributed by atoms with Crippen molar-refractivity contribution in [3.63, 3.8) is 0 Å². The van der Waals surface area contributed by atoms with Gasteiger partial charge < -0.3 is 10.1 Å². The molecule has 1 aliphatic carbocycles. The molecule has 1 aromatic rings. The highest BCUT2D eigenvalue weighted by Crippen LogP contribution is 2.31. The molecular weight excluding hydrogens is 309 g/mol. The highest BCUT2D eigenvalue weighted by molar-refractivity contribution is 8.13. The van der Waals surface area contributed by atoms with E-state index in [1.807, 2.05) is 0 Å². The number of ether oxygens (including phenoxy) is 1. The number of halogens is 2. The Hall–Kier alpha value is -1.34. The minimum atomic E-state index is -4.22. The number of hydrogen-bond acceptors (Lipinski definition) is 4. The van der Waals surface area contributed by atoms with E-state index in [0.717, 1.165) is 38.5 Å². The first-order valence-electron chi connectivity index (χ1n) is 5.96. The average Bonchev–Trinajstić information content (AvgIpc) is 2.31. The normalized spacial score (nSPS) is 15.6. The summed E-state index contributed by atoms with van der Waals surface area (Å²) in [6.45, 7) is 0. The van der Waals surface area contributed by atoms with Gasteiger partial charge in [-0.3, -0.25) is 4.79 Å². The van der Waals surface area contributed by atoms with Crippen LogP contribution in [0.3, 0.4) is 0 Å². The van der Waals surface area contributed by atoms with Crippen LogP contribution in [0.1, 0.15) is 29.6 Å². The van der Waals surface area contributed by atoms with Gasteiger partial charge in [0, 0.05) is 22.3 Å². The van der Waals surface area contributed by atoms with Gasteiger partial charge in [0.05, 0.1) is 7.11 Å². The molecule has 5 nitrogen and oxygen atoms in total. The zero-order valence-electron chi connectivity index (χ0n) is 10.7. The molecule has 0 heterocycles. The lowest BCUT2D eigenvalue weighted by atomic mass is 9.93. The molecule has 1 N–H and O–H groups in total. The van der Waals surface area contributed by atoms with Crippen molar-refractivity contribution in [3.8, 4) is 5.75 Å². The Labute approximate surface area is 120 Å². The van der Waals surface area contributed by atoms with Gasteiger partial charge in [-0.15, -0.1) is 0 Å². The minimum absolute atomic E-state index is 0.0590. The van der Waals surface area contributed by atoms with E-state index in [1.54, 1.807) is 0 Å². The van der Waals surface area contributed by atoms with Gasteiger partial charge in [0.2, 0.25) is 0 Å². The number of nitrogens with one attached hydrogen (secondary N) is 1. The highest BCUT2D eigenvalue weighted by Gasteiger charge is 2.25. The first-order chi connectivity index (χ1) is 9.32. The molecule has 8 heteroatoms. The molecule has 0 saturated heterocycles. The van der Waals surface area contributed by atoms with E-state index in [0.29, 0.717) is 0 Å². The van der Waals surface area contributed by atoms with Crippen LogP contribution in [0.15, 0.2) is 17.0 Å². The van der Waals surface area contributed by atoms with E-state index in [-0.39, 0.29) is 11.6 Å². The van der Waals surface area contributed by atoms with Crippen LogP contribution >= 0.6 is 10.7 Å². The van der Waals surface area contributed by atoms with Gasteiger partial charge in [-0.05, 0) is 31.4 Å². The molecule has 20 heavy (non-hydrogen) atoms. The van der Waals surface area contributed by atoms with Crippen molar-refractivity contribution in [2.45, 2.75) is 30.2 Å². The zero-order chi connectivity index (χ0) is 14.9. The second kappa shape index (κ2) is 5.57. The van der Waals surface area contributed by atoms with Gasteiger partial charge in [-0.25, -0.2) is 12.8 Å². The van der Waals surface area contributed by atoms with Crippen LogP contribution in [0, 0.1) is 5.82 Å². The first kappa shape index (κ1) is 15.1. The van der Waals surface area contributed by atoms with Crippen molar-refractivity contribution in [2.24, 2.45) is 0 Å². The fourth-order valence-corrected chi connectivity index (χ4v) is 2.91. The van der Waals surface area contributed by atoms with Crippen molar-refractivity contribution >= 4 is 25.6 Å². The van der Waals surface area contributed by atoms with Crippen LogP contribution in [0.2, 0.25) is 0 Å². The lowest BCUT2D eigenvalue weighted by Crippen LogP contribution is -2.39. The lowest BCUT2D eigenvalue weighted by Gasteiger charge is -2.26. The lowest BCUT2D eigenvalue weighted by molar-refractivity contribution is 0.0916. The molecule has 0 unspecified atom stereocenters. The van der Waals surface area contributed by atoms with Crippen LogP contribution < -0.4 is 10.1 Å². The summed E-state index contributed by atoms with van der Waals surface area (Å²) in [5.74, 6) is -1.98. The van der Waals surface area contributed by atoms with Crippen LogP contribution in [0.5, 0.6) is 5.75 Å². The van der Waals surface area contributed by atoms with Crippen molar-refractivity contribution in [1.29, 1.82) is 0 Å². The van der Waals surface area contributed by atoms with E-state index in [1.165, 1.54) is 0 Å². The topological polar surface area (TPSA) is 72.5 Å². The summed E-state index contributed by atoms with van der Waals surface area (Å²) < 4.78 is 41.3. The van der Waals surface area contributed by atoms with Crippen molar-refractivity contribution in [3.05, 3.63) is 23.5 Å². The Morgan fingerprint density at radius 1 is 1.45 bits per heavy atom. The molecule has 0 aromatic heterocycles. The molecule has 1 aromatic carbocycles. The second-order valence-electron chi connectivity index (χ2n) is 4.53. The summed E-state index contributed by atoms with van der Waals surface area (Å²) in [5, 5.41) is 2.69. The van der Waals surface area contributed by atoms with E-state index in [4.69, 9.17) is 10.7 Å². The third kappa shape index (κ3) is 3.04. The summed E-state index contributed by atoms with van der Waals surface area (Å²) in [4.78, 5) is 11.4. The third-order valence-corrected chi connectivity index (χ3v) is 4.51. The molecule has 110 valence electrons. The first-order valence-corrected chi connectivity index (χ1v) is 8.27. The van der Waals surface area contributed by atoms with Gasteiger partial charge >= 0.3 is 0 Å². The number of hydrogen-bond donors (Lipinski definition) is 1. The fourth-order valence-electron chi connectivity index (χ4n) is 1.90. The largest absolute Gasteiger partial charge is 0.492 e. The number of benzene rings is 1. The standard InChI is InChI=1S/C12H13ClFNO4S/c1-19-11-9(14)5-7(6-10(11)20(13,17)18)12(16)15-8-3-2-4-8/h5-6,8H,2-4H2,1H3,(H,15,16). The number of methoxy groups -OCH3 is 1. The van der Waals surface area contributed by atoms with Crippen LogP contribution in [-0.4, -0.2) is 27.5 Å². The van der Waals surface area contributed by atoms with Gasteiger partial charge in [0.1, 0.15) is 4.90 Å². The summed E-state index contributed by atoms with van der Waals surface area (Å²) in [7, 11) is 2.14. The minimum Gasteiger partial charge on any atom is -0.492 e. The Balaban J connectivity index is 2.39. The summed E-state index contributed by atoms with van der Waals surface area (Å²) in [6.07, 6.45) is 2.76. The SMILES string of the molecule is COc1c(F)cc(C(=O)NC2CCC2)cc1S(=O)(=O)Cl. The predicted octanol–water partition coefficient (Wildman–Crippen LogP) is 2.04. The average molecular weight is 322 g/mol. The maximum Gasteiger partial charge on any atom is 0.265 e. The highest BCUT2D eigenvalue weighted by atomic mass is 35.7. The van der Waals surface area contributed by atoms with Gasteiger partial charge in [-0.1, -0.05) is 0 Å². The fraction of sp³-hybridized carbons (Fsp3) is 0.417. The Morgan fingerprint density at radius 2 is 2.10 bits per heavy atom. The van der Waals surface area contributed by atoms with Crippen molar-refractivity contribution < 1.29 is 22.3 Å². The summed E-state index contributed by atoms with van der Waals surface area (Å²) in [6, 6.07) is 2.00.